The fourth-order valence-corrected chi connectivity index (χ4v) is 0.850. The molecule has 0 aliphatic rings. The molecule has 0 spiro atoms. The van der Waals surface area contributed by atoms with Gasteiger partial charge in [-0.25, -0.2) is 13.6 Å². The number of esters is 1. The second-order valence-electron chi connectivity index (χ2n) is 2.67. The van der Waals surface area contributed by atoms with E-state index in [1.165, 1.54) is 0 Å². The molecule has 82 valence electrons. The molecule has 1 aromatic carbocycles. The number of rotatable bonds is 3. The molecule has 0 amide bonds. The molecule has 0 aromatic heterocycles. The molecule has 0 saturated carbocycles. The minimum atomic E-state index is -0.835. The number of nitrogen functional groups attached to an aromatic ring is 1. The first-order chi connectivity index (χ1) is 7.04. The first kappa shape index (κ1) is 11.2. The normalized spacial score (nSPS) is 9.80. The van der Waals surface area contributed by atoms with Gasteiger partial charge in [0.05, 0.1) is 12.8 Å². The molecule has 0 aliphatic heterocycles. The van der Waals surface area contributed by atoms with Crippen molar-refractivity contribution >= 4 is 11.7 Å². The number of anilines is 1. The minimum absolute atomic E-state index is 0.321. The first-order valence-electron chi connectivity index (χ1n) is 3.98. The van der Waals surface area contributed by atoms with Crippen LogP contribution in [0.15, 0.2) is 12.1 Å². The Morgan fingerprint density at radius 2 is 2.07 bits per heavy atom. The van der Waals surface area contributed by atoms with Gasteiger partial charge in [-0.3, -0.25) is 0 Å². The van der Waals surface area contributed by atoms with Crippen LogP contribution >= 0.6 is 0 Å². The third-order valence-corrected chi connectivity index (χ3v) is 1.62. The standard InChI is InChI=1S/C9H9F2NO3/c1-14-9(13)4-15-8-3-5(10)7(12)2-6(8)11/h2-3H,4,12H2,1H3. The Kier molecular flexibility index (Phi) is 3.43. The zero-order valence-electron chi connectivity index (χ0n) is 7.92. The van der Waals surface area contributed by atoms with Gasteiger partial charge >= 0.3 is 5.97 Å². The number of ether oxygens (including phenoxy) is 2. The van der Waals surface area contributed by atoms with Gasteiger partial charge in [0.25, 0.3) is 0 Å². The second kappa shape index (κ2) is 4.59. The van der Waals surface area contributed by atoms with Gasteiger partial charge in [0.15, 0.2) is 18.2 Å². The molecule has 0 bridgehead atoms. The highest BCUT2D eigenvalue weighted by molar-refractivity contribution is 5.70. The second-order valence-corrected chi connectivity index (χ2v) is 2.67. The maximum atomic E-state index is 13.1. The van der Waals surface area contributed by atoms with Crippen molar-refractivity contribution in [1.29, 1.82) is 0 Å². The molecule has 2 N–H and O–H groups in total. The van der Waals surface area contributed by atoms with Crippen molar-refractivity contribution in [3.05, 3.63) is 23.8 Å². The zero-order valence-corrected chi connectivity index (χ0v) is 7.92. The average Bonchev–Trinajstić information content (AvgIpc) is 2.21. The van der Waals surface area contributed by atoms with Gasteiger partial charge in [0, 0.05) is 12.1 Å². The van der Waals surface area contributed by atoms with Gasteiger partial charge in [-0.05, 0) is 0 Å². The number of hydrogen-bond donors (Lipinski definition) is 1. The van der Waals surface area contributed by atoms with E-state index in [1.807, 2.05) is 0 Å². The van der Waals surface area contributed by atoms with Gasteiger partial charge in [-0.1, -0.05) is 0 Å². The van der Waals surface area contributed by atoms with Crippen molar-refractivity contribution in [2.75, 3.05) is 19.5 Å². The molecule has 0 saturated heterocycles. The fourth-order valence-electron chi connectivity index (χ4n) is 0.850. The van der Waals surface area contributed by atoms with Crippen LogP contribution in [0.3, 0.4) is 0 Å². The lowest BCUT2D eigenvalue weighted by Crippen LogP contribution is -2.13. The fraction of sp³-hybridized carbons (Fsp3) is 0.222. The summed E-state index contributed by atoms with van der Waals surface area (Å²) in [5.41, 5.74) is 4.79. The summed E-state index contributed by atoms with van der Waals surface area (Å²) in [6.45, 7) is -0.489. The molecular weight excluding hydrogens is 208 g/mol. The number of methoxy groups -OCH3 is 1. The van der Waals surface area contributed by atoms with Gasteiger partial charge in [-0.2, -0.15) is 0 Å². The summed E-state index contributed by atoms with van der Waals surface area (Å²) in [7, 11) is 1.16. The van der Waals surface area contributed by atoms with E-state index < -0.39 is 24.2 Å². The Balaban J connectivity index is 2.77. The number of carbonyl (C=O) groups is 1. The molecule has 0 unspecified atom stereocenters. The maximum absolute atomic E-state index is 13.1. The van der Waals surface area contributed by atoms with Crippen LogP contribution in [-0.2, 0) is 9.53 Å². The molecule has 0 aliphatic carbocycles. The SMILES string of the molecule is COC(=O)COc1cc(F)c(N)cc1F. The molecule has 0 fully saturated rings. The van der Waals surface area contributed by atoms with Crippen LogP contribution in [0.5, 0.6) is 5.75 Å². The van der Waals surface area contributed by atoms with Crippen LogP contribution in [0.1, 0.15) is 0 Å². The van der Waals surface area contributed by atoms with Gasteiger partial charge in [-0.15, -0.1) is 0 Å². The van der Waals surface area contributed by atoms with E-state index in [2.05, 4.69) is 9.47 Å². The summed E-state index contributed by atoms with van der Waals surface area (Å²) in [5.74, 6) is -2.71. The lowest BCUT2D eigenvalue weighted by atomic mass is 10.3. The predicted octanol–water partition coefficient (Wildman–Crippen LogP) is 1.10. The predicted molar refractivity (Wildman–Crippen MR) is 48.3 cm³/mol. The number of hydrogen-bond acceptors (Lipinski definition) is 4. The van der Waals surface area contributed by atoms with Crippen LogP contribution < -0.4 is 10.5 Å². The van der Waals surface area contributed by atoms with E-state index in [0.29, 0.717) is 0 Å². The minimum Gasteiger partial charge on any atom is -0.479 e. The van der Waals surface area contributed by atoms with Gasteiger partial charge in [0.2, 0.25) is 0 Å². The zero-order chi connectivity index (χ0) is 11.4. The van der Waals surface area contributed by atoms with Crippen molar-refractivity contribution in [3.63, 3.8) is 0 Å². The maximum Gasteiger partial charge on any atom is 0.343 e. The smallest absolute Gasteiger partial charge is 0.343 e. The van der Waals surface area contributed by atoms with Crippen LogP contribution in [0, 0.1) is 11.6 Å². The van der Waals surface area contributed by atoms with E-state index in [1.54, 1.807) is 0 Å². The third-order valence-electron chi connectivity index (χ3n) is 1.62. The molecule has 1 rings (SSSR count). The highest BCUT2D eigenvalue weighted by Crippen LogP contribution is 2.22. The topological polar surface area (TPSA) is 61.5 Å². The number of nitrogens with two attached hydrogens (primary N) is 1. The van der Waals surface area contributed by atoms with Crippen LogP contribution in [-0.4, -0.2) is 19.7 Å². The van der Waals surface area contributed by atoms with Crippen molar-refractivity contribution < 1.29 is 23.0 Å². The van der Waals surface area contributed by atoms with Crippen molar-refractivity contribution in [1.82, 2.24) is 0 Å². The van der Waals surface area contributed by atoms with Crippen LogP contribution in [0.25, 0.3) is 0 Å². The van der Waals surface area contributed by atoms with E-state index in [-0.39, 0.29) is 11.4 Å². The molecule has 1 aromatic rings. The molecule has 15 heavy (non-hydrogen) atoms. The Labute approximate surface area is 84.6 Å². The highest BCUT2D eigenvalue weighted by Gasteiger charge is 2.10. The molecule has 0 radical (unpaired) electrons. The van der Waals surface area contributed by atoms with Gasteiger partial charge < -0.3 is 15.2 Å². The van der Waals surface area contributed by atoms with Crippen molar-refractivity contribution in [3.8, 4) is 5.75 Å². The van der Waals surface area contributed by atoms with Crippen LogP contribution in [0.4, 0.5) is 14.5 Å². The van der Waals surface area contributed by atoms with E-state index in [9.17, 15) is 13.6 Å². The Morgan fingerprint density at radius 3 is 2.67 bits per heavy atom. The summed E-state index contributed by atoms with van der Waals surface area (Å²) in [6, 6.07) is 1.55. The summed E-state index contributed by atoms with van der Waals surface area (Å²) in [5, 5.41) is 0. The summed E-state index contributed by atoms with van der Waals surface area (Å²) >= 11 is 0. The number of halogens is 2. The third kappa shape index (κ3) is 2.80. The van der Waals surface area contributed by atoms with Crippen molar-refractivity contribution in [2.24, 2.45) is 0 Å². The van der Waals surface area contributed by atoms with E-state index in [0.717, 1.165) is 19.2 Å². The first-order valence-corrected chi connectivity index (χ1v) is 3.98. The number of carbonyl (C=O) groups excluding carboxylic acids is 1. The quantitative estimate of drug-likeness (QED) is 0.608. The largest absolute Gasteiger partial charge is 0.479 e. The summed E-state index contributed by atoms with van der Waals surface area (Å²) in [4.78, 5) is 10.7. The lowest BCUT2D eigenvalue weighted by molar-refractivity contribution is -0.142. The van der Waals surface area contributed by atoms with Crippen LogP contribution in [0.2, 0.25) is 0 Å². The Hall–Kier alpha value is -1.85. The highest BCUT2D eigenvalue weighted by atomic mass is 19.1. The molecular formula is C9H9F2NO3. The monoisotopic (exact) mass is 217 g/mol. The van der Waals surface area contributed by atoms with E-state index in [4.69, 9.17) is 5.73 Å². The molecule has 0 atom stereocenters. The van der Waals surface area contributed by atoms with E-state index >= 15 is 0 Å². The average molecular weight is 217 g/mol. The summed E-state index contributed by atoms with van der Waals surface area (Å²) < 4.78 is 34.9. The molecule has 6 heteroatoms. The Morgan fingerprint density at radius 1 is 1.40 bits per heavy atom. The molecule has 0 heterocycles. The lowest BCUT2D eigenvalue weighted by Gasteiger charge is -2.06. The molecule has 4 nitrogen and oxygen atoms in total. The summed E-state index contributed by atoms with van der Waals surface area (Å²) in [6.07, 6.45) is 0. The number of benzene rings is 1. The van der Waals surface area contributed by atoms with Crippen molar-refractivity contribution in [2.45, 2.75) is 0 Å². The van der Waals surface area contributed by atoms with Gasteiger partial charge in [0.1, 0.15) is 5.82 Å². The Bertz CT molecular complexity index is 382.